The predicted molar refractivity (Wildman–Crippen MR) is 92.9 cm³/mol. The summed E-state index contributed by atoms with van der Waals surface area (Å²) in [4.78, 5) is 23.4. The molecule has 0 radical (unpaired) electrons. The molecular formula is C18H13F3N4O3. The van der Waals surface area contributed by atoms with E-state index in [-0.39, 0.29) is 17.3 Å². The number of methoxy groups -OCH3 is 1. The number of aromatic nitrogens is 3. The number of pyridine rings is 1. The van der Waals surface area contributed by atoms with Crippen molar-refractivity contribution in [3.63, 3.8) is 0 Å². The van der Waals surface area contributed by atoms with E-state index in [1.54, 1.807) is 18.2 Å². The Kier molecular flexibility index (Phi) is 5.39. The summed E-state index contributed by atoms with van der Waals surface area (Å²) in [6.45, 7) is 0. The van der Waals surface area contributed by atoms with Crippen molar-refractivity contribution in [3.05, 3.63) is 60.6 Å². The number of rotatable bonds is 4. The van der Waals surface area contributed by atoms with Gasteiger partial charge in [0, 0.05) is 17.8 Å². The van der Waals surface area contributed by atoms with Gasteiger partial charge in [0.05, 0.1) is 13.3 Å². The zero-order valence-electron chi connectivity index (χ0n) is 14.4. The van der Waals surface area contributed by atoms with E-state index in [9.17, 15) is 18.0 Å². The zero-order valence-corrected chi connectivity index (χ0v) is 14.4. The van der Waals surface area contributed by atoms with Gasteiger partial charge in [-0.1, -0.05) is 18.2 Å². The van der Waals surface area contributed by atoms with Crippen LogP contribution in [0, 0.1) is 0 Å². The number of ether oxygens (including phenoxy) is 2. The van der Waals surface area contributed by atoms with Crippen molar-refractivity contribution in [2.24, 2.45) is 0 Å². The first kappa shape index (κ1) is 19.1. The van der Waals surface area contributed by atoms with Gasteiger partial charge < -0.3 is 9.47 Å². The van der Waals surface area contributed by atoms with Gasteiger partial charge in [-0.15, -0.1) is 0 Å². The van der Waals surface area contributed by atoms with Gasteiger partial charge in [-0.25, -0.2) is 14.8 Å². The zero-order chi connectivity index (χ0) is 20.1. The van der Waals surface area contributed by atoms with Crippen molar-refractivity contribution in [2.75, 3.05) is 12.4 Å². The molecule has 0 fully saturated rings. The Labute approximate surface area is 157 Å². The van der Waals surface area contributed by atoms with Gasteiger partial charge >= 0.3 is 12.3 Å². The number of amides is 1. The Morgan fingerprint density at radius 1 is 1.11 bits per heavy atom. The fraction of sp³-hybridized carbons (Fsp3) is 0.111. The van der Waals surface area contributed by atoms with Crippen LogP contribution in [0.2, 0.25) is 0 Å². The molecule has 28 heavy (non-hydrogen) atoms. The molecule has 0 saturated carbocycles. The van der Waals surface area contributed by atoms with Crippen LogP contribution in [-0.2, 0) is 6.18 Å². The van der Waals surface area contributed by atoms with Gasteiger partial charge in [-0.3, -0.25) is 10.3 Å². The molecule has 3 rings (SSSR count). The average Bonchev–Trinajstić information content (AvgIpc) is 2.68. The highest BCUT2D eigenvalue weighted by Crippen LogP contribution is 2.32. The third-order valence-electron chi connectivity index (χ3n) is 3.45. The van der Waals surface area contributed by atoms with Crippen molar-refractivity contribution in [1.82, 2.24) is 15.0 Å². The van der Waals surface area contributed by atoms with Crippen molar-refractivity contribution < 1.29 is 27.4 Å². The number of hydrogen-bond acceptors (Lipinski definition) is 6. The summed E-state index contributed by atoms with van der Waals surface area (Å²) in [5, 5.41) is 2.21. The summed E-state index contributed by atoms with van der Waals surface area (Å²) in [6.07, 6.45) is -3.78. The number of carbonyl (C=O) groups excluding carboxylic acids is 1. The molecule has 0 aliphatic heterocycles. The summed E-state index contributed by atoms with van der Waals surface area (Å²) in [7, 11) is 1.39. The van der Waals surface area contributed by atoms with Crippen LogP contribution in [-0.4, -0.2) is 28.2 Å². The summed E-state index contributed by atoms with van der Waals surface area (Å²) in [5.41, 5.74) is -0.908. The van der Waals surface area contributed by atoms with Gasteiger partial charge in [-0.05, 0) is 18.2 Å². The smallest absolute Gasteiger partial charge is 0.434 e. The molecule has 144 valence electrons. The summed E-state index contributed by atoms with van der Waals surface area (Å²) >= 11 is 0. The second-order valence-corrected chi connectivity index (χ2v) is 5.36. The number of alkyl halides is 3. The van der Waals surface area contributed by atoms with Gasteiger partial charge in [0.2, 0.25) is 5.88 Å². The summed E-state index contributed by atoms with van der Waals surface area (Å²) < 4.78 is 49.1. The van der Waals surface area contributed by atoms with E-state index < -0.39 is 23.8 Å². The number of nitrogens with zero attached hydrogens (tertiary/aromatic N) is 3. The predicted octanol–water partition coefficient (Wildman–Crippen LogP) is 4.18. The van der Waals surface area contributed by atoms with E-state index in [1.807, 2.05) is 0 Å². The Bertz CT molecular complexity index is 981. The SMILES string of the molecule is COc1cc(-c2ncc(C(F)(F)F)nc2NC(=O)Oc2ccccc2)ccn1. The number of hydrogen-bond donors (Lipinski definition) is 1. The van der Waals surface area contributed by atoms with E-state index in [2.05, 4.69) is 20.3 Å². The van der Waals surface area contributed by atoms with Crippen LogP contribution >= 0.6 is 0 Å². The lowest BCUT2D eigenvalue weighted by molar-refractivity contribution is -0.141. The normalized spacial score (nSPS) is 11.0. The van der Waals surface area contributed by atoms with E-state index in [0.717, 1.165) is 0 Å². The molecule has 0 aliphatic rings. The molecule has 0 aliphatic carbocycles. The van der Waals surface area contributed by atoms with Gasteiger partial charge in [0.25, 0.3) is 0 Å². The fourth-order valence-electron chi connectivity index (χ4n) is 2.21. The first-order valence-corrected chi connectivity index (χ1v) is 7.85. The Morgan fingerprint density at radius 3 is 2.54 bits per heavy atom. The average molecular weight is 390 g/mol. The maximum absolute atomic E-state index is 13.0. The number of halogens is 3. The first-order valence-electron chi connectivity index (χ1n) is 7.85. The Balaban J connectivity index is 1.96. The van der Waals surface area contributed by atoms with Gasteiger partial charge in [-0.2, -0.15) is 13.2 Å². The number of para-hydroxylation sites is 1. The molecule has 0 saturated heterocycles. The van der Waals surface area contributed by atoms with Crippen LogP contribution in [0.15, 0.2) is 54.9 Å². The maximum atomic E-state index is 13.0. The van der Waals surface area contributed by atoms with E-state index >= 15 is 0 Å². The fourth-order valence-corrected chi connectivity index (χ4v) is 2.21. The highest BCUT2D eigenvalue weighted by molar-refractivity contribution is 5.89. The molecule has 2 heterocycles. The lowest BCUT2D eigenvalue weighted by Crippen LogP contribution is -2.20. The number of anilines is 1. The molecule has 0 spiro atoms. The second-order valence-electron chi connectivity index (χ2n) is 5.36. The molecule has 0 unspecified atom stereocenters. The monoisotopic (exact) mass is 390 g/mol. The van der Waals surface area contributed by atoms with Crippen LogP contribution in [0.25, 0.3) is 11.3 Å². The molecule has 2 aromatic heterocycles. The topological polar surface area (TPSA) is 86.2 Å². The first-order chi connectivity index (χ1) is 13.4. The highest BCUT2D eigenvalue weighted by atomic mass is 19.4. The third-order valence-corrected chi connectivity index (χ3v) is 3.45. The van der Waals surface area contributed by atoms with Crippen LogP contribution in [0.5, 0.6) is 11.6 Å². The molecule has 1 aromatic carbocycles. The Hall–Kier alpha value is -3.69. The van der Waals surface area contributed by atoms with Crippen molar-refractivity contribution >= 4 is 11.9 Å². The quantitative estimate of drug-likeness (QED) is 0.719. The molecule has 0 bridgehead atoms. The second kappa shape index (κ2) is 7.91. The van der Waals surface area contributed by atoms with E-state index in [1.165, 1.54) is 37.6 Å². The molecular weight excluding hydrogens is 377 g/mol. The highest BCUT2D eigenvalue weighted by Gasteiger charge is 2.34. The molecule has 0 atom stereocenters. The number of benzene rings is 1. The largest absolute Gasteiger partial charge is 0.481 e. The van der Waals surface area contributed by atoms with Crippen LogP contribution in [0.4, 0.5) is 23.8 Å². The van der Waals surface area contributed by atoms with Crippen LogP contribution in [0.1, 0.15) is 5.69 Å². The van der Waals surface area contributed by atoms with Crippen molar-refractivity contribution in [2.45, 2.75) is 6.18 Å². The summed E-state index contributed by atoms with van der Waals surface area (Å²) in [6, 6.07) is 11.0. The van der Waals surface area contributed by atoms with E-state index in [0.29, 0.717) is 11.8 Å². The molecule has 1 N–H and O–H groups in total. The number of nitrogens with one attached hydrogen (secondary N) is 1. The minimum Gasteiger partial charge on any atom is -0.481 e. The molecule has 3 aromatic rings. The van der Waals surface area contributed by atoms with Crippen molar-refractivity contribution in [1.29, 1.82) is 0 Å². The number of carbonyl (C=O) groups is 1. The van der Waals surface area contributed by atoms with Crippen molar-refractivity contribution in [3.8, 4) is 22.9 Å². The van der Waals surface area contributed by atoms with Crippen LogP contribution < -0.4 is 14.8 Å². The lowest BCUT2D eigenvalue weighted by Gasteiger charge is -2.13. The van der Waals surface area contributed by atoms with Crippen LogP contribution in [0.3, 0.4) is 0 Å². The third kappa shape index (κ3) is 4.53. The summed E-state index contributed by atoms with van der Waals surface area (Å²) in [5.74, 6) is 0.0214. The molecule has 1 amide bonds. The minimum atomic E-state index is -4.73. The van der Waals surface area contributed by atoms with Gasteiger partial charge in [0.15, 0.2) is 11.5 Å². The Morgan fingerprint density at radius 2 is 1.86 bits per heavy atom. The minimum absolute atomic E-state index is 0.00119. The van der Waals surface area contributed by atoms with E-state index in [4.69, 9.17) is 9.47 Å². The molecule has 10 heteroatoms. The molecule has 7 nitrogen and oxygen atoms in total. The standard InChI is InChI=1S/C18H13F3N4O3/c1-27-14-9-11(7-8-22-14)15-16(24-13(10-23-15)18(19,20)21)25-17(26)28-12-5-3-2-4-6-12/h2-10H,1H3,(H,24,25,26). The lowest BCUT2D eigenvalue weighted by atomic mass is 10.2. The maximum Gasteiger partial charge on any atom is 0.434 e. The van der Waals surface area contributed by atoms with Gasteiger partial charge in [0.1, 0.15) is 11.4 Å².